The maximum Gasteiger partial charge on any atom is 0.317 e. The summed E-state index contributed by atoms with van der Waals surface area (Å²) in [5.74, 6) is 3.68. The van der Waals surface area contributed by atoms with Crippen LogP contribution in [0.15, 0.2) is 53.4 Å². The normalized spacial score (nSPS) is 31.7. The van der Waals surface area contributed by atoms with Gasteiger partial charge >= 0.3 is 6.03 Å². The van der Waals surface area contributed by atoms with E-state index in [1.165, 1.54) is 19.3 Å². The van der Waals surface area contributed by atoms with Crippen LogP contribution < -0.4 is 14.8 Å². The molecule has 2 aromatic carbocycles. The number of carbonyl (C=O) groups is 1. The van der Waals surface area contributed by atoms with Crippen molar-refractivity contribution in [1.29, 1.82) is 0 Å². The number of nitrogens with zero attached hydrogens (tertiary/aromatic N) is 3. The van der Waals surface area contributed by atoms with E-state index in [-0.39, 0.29) is 23.4 Å². The van der Waals surface area contributed by atoms with Gasteiger partial charge in [-0.3, -0.25) is 0 Å². The Morgan fingerprint density at radius 1 is 0.978 bits per heavy atom. The van der Waals surface area contributed by atoms with Crippen LogP contribution in [0.5, 0.6) is 5.88 Å². The van der Waals surface area contributed by atoms with Gasteiger partial charge in [-0.25, -0.2) is 9.78 Å². The summed E-state index contributed by atoms with van der Waals surface area (Å²) in [6.45, 7) is 6.04. The molecule has 9 heteroatoms. The molecule has 1 saturated heterocycles. The first-order chi connectivity index (χ1) is 22.3. The molecular weight excluding hydrogens is 595 g/mol. The zero-order valence-electron chi connectivity index (χ0n) is 27.0. The lowest BCUT2D eigenvalue weighted by molar-refractivity contribution is -0.0173. The molecule has 1 aromatic heterocycles. The van der Waals surface area contributed by atoms with Crippen LogP contribution in [0.1, 0.15) is 68.1 Å². The molecule has 3 atom stereocenters. The molecule has 0 radical (unpaired) electrons. The molecule has 3 aromatic rings. The third-order valence-electron chi connectivity index (χ3n) is 11.6. The Balaban J connectivity index is 1.07. The lowest BCUT2D eigenvalue weighted by Gasteiger charge is -2.57. The van der Waals surface area contributed by atoms with Crippen molar-refractivity contribution in [2.45, 2.75) is 82.1 Å². The fraction of sp³-hybridized carbons (Fsp3) is 0.541. The first-order valence-corrected chi connectivity index (χ1v) is 18.4. The molecule has 4 aliphatic carbocycles. The second kappa shape index (κ2) is 12.1. The summed E-state index contributed by atoms with van der Waals surface area (Å²) in [5.41, 5.74) is 5.13. The van der Waals surface area contributed by atoms with E-state index in [1.807, 2.05) is 30.3 Å². The number of aryl methyl sites for hydroxylation is 3. The number of aromatic nitrogens is 2. The zero-order chi connectivity index (χ0) is 31.4. The molecule has 3 heterocycles. The number of hydrogen-bond donors (Lipinski definition) is 2. The van der Waals surface area contributed by atoms with Crippen LogP contribution >= 0.6 is 0 Å². The van der Waals surface area contributed by atoms with Gasteiger partial charge in [0.1, 0.15) is 11.4 Å². The lowest BCUT2D eigenvalue weighted by atomic mass is 9.53. The minimum atomic E-state index is -1.52. The van der Waals surface area contributed by atoms with Crippen molar-refractivity contribution in [3.63, 3.8) is 0 Å². The van der Waals surface area contributed by atoms with E-state index < -0.39 is 11.4 Å². The fourth-order valence-electron chi connectivity index (χ4n) is 9.80. The number of nitrogens with one attached hydrogen (secondary N) is 2. The molecule has 2 unspecified atom stereocenters. The summed E-state index contributed by atoms with van der Waals surface area (Å²) >= 11 is -1.52. The first-order valence-electron chi connectivity index (χ1n) is 17.2. The van der Waals surface area contributed by atoms with Gasteiger partial charge in [-0.2, -0.15) is 9.71 Å². The summed E-state index contributed by atoms with van der Waals surface area (Å²) in [5, 5.41) is 3.61. The van der Waals surface area contributed by atoms with Gasteiger partial charge in [0.25, 0.3) is 5.95 Å². The highest BCUT2D eigenvalue weighted by Crippen LogP contribution is 2.55. The van der Waals surface area contributed by atoms with Crippen LogP contribution in [0, 0.1) is 43.4 Å². The van der Waals surface area contributed by atoms with E-state index in [2.05, 4.69) is 52.0 Å². The summed E-state index contributed by atoms with van der Waals surface area (Å²) in [6, 6.07) is 16.2. The molecule has 8 bridgehead atoms. The molecule has 5 fully saturated rings. The van der Waals surface area contributed by atoms with Gasteiger partial charge in [-0.1, -0.05) is 30.3 Å². The van der Waals surface area contributed by atoms with Crippen molar-refractivity contribution < 1.29 is 14.1 Å². The Morgan fingerprint density at radius 3 is 2.43 bits per heavy atom. The third-order valence-corrected chi connectivity index (χ3v) is 12.6. The number of urea groups is 1. The van der Waals surface area contributed by atoms with Crippen molar-refractivity contribution in [1.82, 2.24) is 20.2 Å². The second-order valence-corrected chi connectivity index (χ2v) is 16.1. The number of amides is 2. The van der Waals surface area contributed by atoms with Gasteiger partial charge in [0.15, 0.2) is 4.90 Å². The van der Waals surface area contributed by atoms with Gasteiger partial charge in [0.05, 0.1) is 12.3 Å². The van der Waals surface area contributed by atoms with E-state index >= 15 is 0 Å². The maximum absolute atomic E-state index is 13.9. The largest absolute Gasteiger partial charge is 0.588 e. The van der Waals surface area contributed by atoms with E-state index in [0.717, 1.165) is 90.8 Å². The summed E-state index contributed by atoms with van der Waals surface area (Å²) in [6.07, 6.45) is 10.4. The van der Waals surface area contributed by atoms with Gasteiger partial charge < -0.3 is 19.5 Å². The quantitative estimate of drug-likeness (QED) is 0.298. The molecule has 2 N–H and O–H groups in total. The van der Waals surface area contributed by atoms with Crippen LogP contribution in [0.2, 0.25) is 0 Å². The number of piperidine rings is 1. The molecule has 242 valence electrons. The monoisotopic (exact) mass is 639 g/mol. The number of carbonyl (C=O) groups excluding carboxylic acids is 1. The number of hydrogen-bond acceptors (Lipinski definition) is 6. The second-order valence-electron chi connectivity index (χ2n) is 14.9. The number of likely N-dealkylation sites (tertiary alicyclic amines) is 1. The Labute approximate surface area is 275 Å². The van der Waals surface area contributed by atoms with Gasteiger partial charge in [0.2, 0.25) is 5.88 Å². The predicted molar refractivity (Wildman–Crippen MR) is 180 cm³/mol. The molecule has 9 rings (SSSR count). The van der Waals surface area contributed by atoms with E-state index in [4.69, 9.17) is 9.72 Å². The highest BCUT2D eigenvalue weighted by molar-refractivity contribution is 7.92. The van der Waals surface area contributed by atoms with Crippen molar-refractivity contribution in [3.8, 4) is 17.1 Å². The van der Waals surface area contributed by atoms with E-state index in [0.29, 0.717) is 29.8 Å². The SMILES string of the molecule is Cc1cccc(C)c1-c1cc2nc(n1)N[S+]([O-])c1cccc(c1)CCC1CCN(C(=O)NC34CC5CC(CC(C5)C3)C4)C[C@@H]1CO2. The fourth-order valence-corrected chi connectivity index (χ4v) is 10.6. The number of benzene rings is 2. The van der Waals surface area contributed by atoms with Crippen LogP contribution in [0.25, 0.3) is 11.3 Å². The highest BCUT2D eigenvalue weighted by Gasteiger charge is 2.52. The molecular formula is C37H45N5O3S. The number of anilines is 1. The van der Waals surface area contributed by atoms with Crippen LogP contribution in [0.4, 0.5) is 10.7 Å². The standard InChI is InChI=1S/C37H45N5O3S/c1-23-5-3-6-24(2)34(23)32-17-33-39-35(38-32)41-46(44)31-8-4-7-25(16-31)9-10-29-11-12-42(21-30(29)22-45-33)36(43)40-37-18-26-13-27(19-37)15-28(14-26)20-37/h3-8,16-17,26-30H,9-15,18-22H2,1-2H3,(H,40,43)(H,38,39,41)/t26?,27?,28?,29?,30-,37?,46?/m1/s1. The van der Waals surface area contributed by atoms with E-state index in [1.54, 1.807) is 0 Å². The molecule has 2 amide bonds. The number of fused-ring (bicyclic) bond motifs is 5. The van der Waals surface area contributed by atoms with Gasteiger partial charge in [-0.05, 0) is 124 Å². The highest BCUT2D eigenvalue weighted by atomic mass is 32.2. The molecule has 6 aliphatic rings. The molecule has 0 spiro atoms. The number of rotatable bonds is 2. The third kappa shape index (κ3) is 5.97. The van der Waals surface area contributed by atoms with Crippen molar-refractivity contribution >= 4 is 23.3 Å². The predicted octanol–water partition coefficient (Wildman–Crippen LogP) is 6.84. The van der Waals surface area contributed by atoms with Gasteiger partial charge in [-0.15, -0.1) is 0 Å². The van der Waals surface area contributed by atoms with Crippen LogP contribution in [-0.4, -0.2) is 50.7 Å². The van der Waals surface area contributed by atoms with E-state index in [9.17, 15) is 9.35 Å². The average Bonchev–Trinajstić information content (AvgIpc) is 3.02. The van der Waals surface area contributed by atoms with Crippen molar-refractivity contribution in [3.05, 3.63) is 65.2 Å². The first kappa shape index (κ1) is 30.1. The Hall–Kier alpha value is -3.30. The smallest absolute Gasteiger partial charge is 0.317 e. The van der Waals surface area contributed by atoms with Gasteiger partial charge in [0, 0.05) is 36.2 Å². The molecule has 8 nitrogen and oxygen atoms in total. The van der Waals surface area contributed by atoms with Crippen LogP contribution in [-0.2, 0) is 17.8 Å². The summed E-state index contributed by atoms with van der Waals surface area (Å²) in [7, 11) is 0. The van der Waals surface area contributed by atoms with Crippen molar-refractivity contribution in [2.75, 3.05) is 24.4 Å². The lowest BCUT2D eigenvalue weighted by Crippen LogP contribution is -2.62. The van der Waals surface area contributed by atoms with Crippen LogP contribution in [0.3, 0.4) is 0 Å². The summed E-state index contributed by atoms with van der Waals surface area (Å²) in [4.78, 5) is 26.1. The minimum Gasteiger partial charge on any atom is -0.588 e. The maximum atomic E-state index is 13.9. The van der Waals surface area contributed by atoms with Crippen molar-refractivity contribution in [2.24, 2.45) is 29.6 Å². The molecule has 46 heavy (non-hydrogen) atoms. The topological polar surface area (TPSA) is 102 Å². The minimum absolute atomic E-state index is 0.00199. The molecule has 4 saturated carbocycles. The average molecular weight is 640 g/mol. The Bertz CT molecular complexity index is 1570. The Kier molecular flexibility index (Phi) is 7.88. The zero-order valence-corrected chi connectivity index (χ0v) is 27.8. The number of ether oxygens (including phenoxy) is 1. The summed E-state index contributed by atoms with van der Waals surface area (Å²) < 4.78 is 23.0. The molecule has 2 aliphatic heterocycles. The Morgan fingerprint density at radius 2 is 1.70 bits per heavy atom.